The molecule has 0 aliphatic heterocycles. The number of esters is 1. The van der Waals surface area contributed by atoms with Gasteiger partial charge < -0.3 is 4.74 Å². The molecular formula is C17H14BrN3O2. The van der Waals surface area contributed by atoms with Crippen molar-refractivity contribution in [2.45, 2.75) is 13.8 Å². The molecule has 2 aromatic carbocycles. The number of hydrogen-bond acceptors (Lipinski definition) is 4. The van der Waals surface area contributed by atoms with Gasteiger partial charge in [0.25, 0.3) is 0 Å². The normalized spacial score (nSPS) is 10.6. The highest BCUT2D eigenvalue weighted by Gasteiger charge is 2.13. The van der Waals surface area contributed by atoms with E-state index in [4.69, 9.17) is 4.74 Å². The smallest absolute Gasteiger partial charge is 0.308 e. The van der Waals surface area contributed by atoms with Crippen LogP contribution in [0.3, 0.4) is 0 Å². The summed E-state index contributed by atoms with van der Waals surface area (Å²) in [5, 5.41) is 8.36. The number of aryl methyl sites for hydroxylation is 1. The Kier molecular flexibility index (Phi) is 4.25. The number of benzene rings is 2. The van der Waals surface area contributed by atoms with E-state index in [1.807, 2.05) is 49.4 Å². The van der Waals surface area contributed by atoms with Gasteiger partial charge >= 0.3 is 5.97 Å². The van der Waals surface area contributed by atoms with E-state index in [2.05, 4.69) is 26.2 Å². The summed E-state index contributed by atoms with van der Waals surface area (Å²) in [6.45, 7) is 3.32. The summed E-state index contributed by atoms with van der Waals surface area (Å²) in [5.74, 6) is 0.117. The first-order chi connectivity index (χ1) is 11.0. The van der Waals surface area contributed by atoms with Crippen LogP contribution in [0.4, 0.5) is 0 Å². The molecule has 6 heteroatoms. The largest absolute Gasteiger partial charge is 0.426 e. The summed E-state index contributed by atoms with van der Waals surface area (Å²) in [6, 6.07) is 13.4. The van der Waals surface area contributed by atoms with E-state index < -0.39 is 0 Å². The van der Waals surface area contributed by atoms with Crippen molar-refractivity contribution >= 4 is 21.9 Å². The molecule has 0 aliphatic rings. The van der Waals surface area contributed by atoms with Crippen molar-refractivity contribution in [3.8, 4) is 22.7 Å². The molecule has 0 amide bonds. The molecule has 0 saturated heterocycles. The lowest BCUT2D eigenvalue weighted by atomic mass is 10.1. The molecule has 1 aromatic heterocycles. The van der Waals surface area contributed by atoms with Crippen molar-refractivity contribution in [1.82, 2.24) is 15.0 Å². The first-order valence-electron chi connectivity index (χ1n) is 7.01. The van der Waals surface area contributed by atoms with E-state index >= 15 is 0 Å². The number of halogens is 1. The lowest BCUT2D eigenvalue weighted by Gasteiger charge is -2.07. The number of nitrogens with zero attached hydrogens (tertiary/aromatic N) is 3. The van der Waals surface area contributed by atoms with Crippen molar-refractivity contribution in [2.24, 2.45) is 0 Å². The maximum Gasteiger partial charge on any atom is 0.308 e. The fraction of sp³-hybridized carbons (Fsp3) is 0.118. The highest BCUT2D eigenvalue weighted by Crippen LogP contribution is 2.30. The van der Waals surface area contributed by atoms with E-state index in [-0.39, 0.29) is 5.97 Å². The second kappa shape index (κ2) is 6.34. The van der Waals surface area contributed by atoms with Crippen molar-refractivity contribution < 1.29 is 9.53 Å². The number of aromatic nitrogens is 3. The molecule has 0 atom stereocenters. The maximum absolute atomic E-state index is 11.3. The molecule has 0 bridgehead atoms. The van der Waals surface area contributed by atoms with Gasteiger partial charge in [0.1, 0.15) is 11.4 Å². The molecule has 23 heavy (non-hydrogen) atoms. The molecule has 0 fully saturated rings. The topological polar surface area (TPSA) is 57.0 Å². The quantitative estimate of drug-likeness (QED) is 0.516. The zero-order chi connectivity index (χ0) is 16.4. The molecule has 0 saturated carbocycles. The van der Waals surface area contributed by atoms with Crippen LogP contribution < -0.4 is 4.74 Å². The second-order valence-electron chi connectivity index (χ2n) is 5.09. The second-order valence-corrected chi connectivity index (χ2v) is 5.95. The van der Waals surface area contributed by atoms with Gasteiger partial charge in [0.2, 0.25) is 0 Å². The van der Waals surface area contributed by atoms with Gasteiger partial charge in [0.05, 0.1) is 11.9 Å². The molecule has 116 valence electrons. The Morgan fingerprint density at radius 2 is 2.00 bits per heavy atom. The minimum absolute atomic E-state index is 0.366. The van der Waals surface area contributed by atoms with Crippen molar-refractivity contribution in [3.05, 3.63) is 58.7 Å². The van der Waals surface area contributed by atoms with Crippen molar-refractivity contribution in [1.29, 1.82) is 0 Å². The lowest BCUT2D eigenvalue weighted by Crippen LogP contribution is -2.03. The van der Waals surface area contributed by atoms with Gasteiger partial charge in [-0.2, -0.15) is 0 Å². The minimum Gasteiger partial charge on any atom is -0.426 e. The monoisotopic (exact) mass is 371 g/mol. The van der Waals surface area contributed by atoms with Gasteiger partial charge in [-0.1, -0.05) is 23.4 Å². The third kappa shape index (κ3) is 3.32. The van der Waals surface area contributed by atoms with Crippen LogP contribution in [-0.2, 0) is 4.79 Å². The molecule has 1 heterocycles. The fourth-order valence-corrected chi connectivity index (χ4v) is 2.69. The molecule has 3 rings (SSSR count). The van der Waals surface area contributed by atoms with Crippen molar-refractivity contribution in [2.75, 3.05) is 0 Å². The van der Waals surface area contributed by atoms with E-state index in [0.717, 1.165) is 21.3 Å². The fourth-order valence-electron chi connectivity index (χ4n) is 2.22. The van der Waals surface area contributed by atoms with E-state index in [1.54, 1.807) is 10.9 Å². The Morgan fingerprint density at radius 3 is 2.74 bits per heavy atom. The number of carbonyl (C=O) groups excluding carboxylic acids is 1. The summed E-state index contributed by atoms with van der Waals surface area (Å²) in [4.78, 5) is 11.3. The van der Waals surface area contributed by atoms with Gasteiger partial charge in [0, 0.05) is 17.0 Å². The first kappa shape index (κ1) is 15.4. The Bertz CT molecular complexity index is 874. The standard InChI is InChI=1S/C17H14BrN3O2/c1-11-7-8-13(17(9-11)23-12(2)22)15-10-21(20-19-15)16-6-4-3-5-14(16)18/h3-10H,1-2H3. The van der Waals surface area contributed by atoms with Gasteiger partial charge in [-0.25, -0.2) is 4.68 Å². The zero-order valence-electron chi connectivity index (χ0n) is 12.7. The highest BCUT2D eigenvalue weighted by atomic mass is 79.9. The summed E-state index contributed by atoms with van der Waals surface area (Å²) in [6.07, 6.45) is 1.80. The Balaban J connectivity index is 2.04. The van der Waals surface area contributed by atoms with Crippen LogP contribution in [0.25, 0.3) is 16.9 Å². The molecule has 0 aliphatic carbocycles. The van der Waals surface area contributed by atoms with Gasteiger partial charge in [0.15, 0.2) is 0 Å². The lowest BCUT2D eigenvalue weighted by molar-refractivity contribution is -0.131. The summed E-state index contributed by atoms with van der Waals surface area (Å²) < 4.78 is 7.89. The Labute approximate surface area is 142 Å². The Morgan fingerprint density at radius 1 is 1.22 bits per heavy atom. The summed E-state index contributed by atoms with van der Waals surface area (Å²) in [5.41, 5.74) is 3.25. The molecule has 0 unspecified atom stereocenters. The Hall–Kier alpha value is -2.47. The minimum atomic E-state index is -0.366. The van der Waals surface area contributed by atoms with Crippen LogP contribution in [0.1, 0.15) is 12.5 Å². The van der Waals surface area contributed by atoms with Crippen LogP contribution >= 0.6 is 15.9 Å². The predicted molar refractivity (Wildman–Crippen MR) is 90.5 cm³/mol. The molecule has 0 spiro atoms. The number of hydrogen-bond donors (Lipinski definition) is 0. The zero-order valence-corrected chi connectivity index (χ0v) is 14.2. The van der Waals surface area contributed by atoms with Crippen molar-refractivity contribution in [3.63, 3.8) is 0 Å². The first-order valence-corrected chi connectivity index (χ1v) is 7.80. The molecule has 0 radical (unpaired) electrons. The summed E-state index contributed by atoms with van der Waals surface area (Å²) >= 11 is 3.50. The van der Waals surface area contributed by atoms with Gasteiger partial charge in [-0.3, -0.25) is 4.79 Å². The number of carbonyl (C=O) groups is 1. The van der Waals surface area contributed by atoms with Crippen LogP contribution in [0.15, 0.2) is 53.1 Å². The third-order valence-corrected chi connectivity index (χ3v) is 3.93. The molecule has 5 nitrogen and oxygen atoms in total. The predicted octanol–water partition coefficient (Wildman–Crippen LogP) is 3.93. The van der Waals surface area contributed by atoms with E-state index in [9.17, 15) is 4.79 Å². The molecular weight excluding hydrogens is 358 g/mol. The number of ether oxygens (including phenoxy) is 1. The van der Waals surface area contributed by atoms with Crippen LogP contribution in [0, 0.1) is 6.92 Å². The van der Waals surface area contributed by atoms with Crippen LogP contribution in [-0.4, -0.2) is 21.0 Å². The van der Waals surface area contributed by atoms with E-state index in [0.29, 0.717) is 11.4 Å². The molecule has 3 aromatic rings. The number of rotatable bonds is 3. The van der Waals surface area contributed by atoms with Gasteiger partial charge in [-0.15, -0.1) is 5.10 Å². The SMILES string of the molecule is CC(=O)Oc1cc(C)ccc1-c1cn(-c2ccccc2Br)nn1. The van der Waals surface area contributed by atoms with Crippen LogP contribution in [0.5, 0.6) is 5.75 Å². The number of para-hydroxylation sites is 1. The van der Waals surface area contributed by atoms with E-state index in [1.165, 1.54) is 6.92 Å². The maximum atomic E-state index is 11.3. The average molecular weight is 372 g/mol. The highest BCUT2D eigenvalue weighted by molar-refractivity contribution is 9.10. The van der Waals surface area contributed by atoms with Gasteiger partial charge in [-0.05, 0) is 52.7 Å². The molecule has 0 N–H and O–H groups in total. The summed E-state index contributed by atoms with van der Waals surface area (Å²) in [7, 11) is 0. The third-order valence-electron chi connectivity index (χ3n) is 3.26. The average Bonchev–Trinajstić information content (AvgIpc) is 2.96. The van der Waals surface area contributed by atoms with Crippen LogP contribution in [0.2, 0.25) is 0 Å².